The first-order chi connectivity index (χ1) is 27.3. The van der Waals surface area contributed by atoms with E-state index in [-0.39, 0.29) is 36.6 Å². The molecule has 19 atom stereocenters. The van der Waals surface area contributed by atoms with Crippen molar-refractivity contribution in [3.8, 4) is 0 Å². The predicted octanol–water partition coefficient (Wildman–Crippen LogP) is 4.07. The Hall–Kier alpha value is -2.22. The summed E-state index contributed by atoms with van der Waals surface area (Å²) in [4.78, 5) is 41.1. The molecule has 0 aromatic rings. The van der Waals surface area contributed by atoms with Crippen molar-refractivity contribution in [2.24, 2.45) is 23.7 Å². The Kier molecular flexibility index (Phi) is 16.3. The number of carbonyl (C=O) groups excluding carboxylic acids is 3. The number of nitrogens with zero attached hydrogens (tertiary/aromatic N) is 1. The number of fused-ring (bicyclic) bond motifs is 2. The number of esters is 3. The number of likely N-dealkylation sites (N-methyl/N-ethyl adjacent to an activating group) is 1. The summed E-state index contributed by atoms with van der Waals surface area (Å²) < 4.78 is 62.3. The van der Waals surface area contributed by atoms with Crippen LogP contribution in [0.1, 0.15) is 109 Å². The highest BCUT2D eigenvalue weighted by atomic mass is 32.1. The first kappa shape index (κ1) is 49.4. The molecule has 4 aliphatic heterocycles. The third-order valence-electron chi connectivity index (χ3n) is 12.9. The van der Waals surface area contributed by atoms with Gasteiger partial charge in [-0.1, -0.05) is 27.7 Å². The lowest BCUT2D eigenvalue weighted by molar-refractivity contribution is -0.320. The number of rotatable bonds is 9. The molecule has 0 aromatic carbocycles. The van der Waals surface area contributed by atoms with E-state index >= 15 is 0 Å². The zero-order chi connectivity index (χ0) is 44.5. The average Bonchev–Trinajstić information content (AvgIpc) is 3.13. The van der Waals surface area contributed by atoms with Crippen molar-refractivity contribution in [1.29, 1.82) is 0 Å². The van der Waals surface area contributed by atoms with Gasteiger partial charge in [-0.05, 0) is 80.8 Å². The van der Waals surface area contributed by atoms with Gasteiger partial charge in [-0.15, -0.1) is 0 Å². The van der Waals surface area contributed by atoms with E-state index in [4.69, 9.17) is 59.6 Å². The second kappa shape index (κ2) is 19.4. The molecule has 0 amide bonds. The van der Waals surface area contributed by atoms with E-state index in [0.717, 1.165) is 0 Å². The fourth-order valence-electron chi connectivity index (χ4n) is 9.95. The Balaban J connectivity index is 1.88. The minimum absolute atomic E-state index is 0.0810. The quantitative estimate of drug-likeness (QED) is 0.192. The number of methoxy groups -OCH3 is 1. The van der Waals surface area contributed by atoms with Gasteiger partial charge >= 0.3 is 23.1 Å². The number of carbonyl (C=O) groups is 3. The van der Waals surface area contributed by atoms with E-state index < -0.39 is 120 Å². The molecule has 0 aliphatic carbocycles. The van der Waals surface area contributed by atoms with Gasteiger partial charge in [0.1, 0.15) is 29.5 Å². The summed E-state index contributed by atoms with van der Waals surface area (Å²) in [6.07, 6.45) is -8.70. The van der Waals surface area contributed by atoms with E-state index in [0.29, 0.717) is 6.42 Å². The van der Waals surface area contributed by atoms with E-state index in [1.165, 1.54) is 21.0 Å². The Morgan fingerprint density at radius 1 is 0.864 bits per heavy atom. The van der Waals surface area contributed by atoms with Gasteiger partial charge < -0.3 is 62.5 Å². The van der Waals surface area contributed by atoms with Crippen LogP contribution in [-0.4, -0.2) is 150 Å². The maximum atomic E-state index is 14.5. The summed E-state index contributed by atoms with van der Waals surface area (Å²) in [6, 6.07) is -0.298. The summed E-state index contributed by atoms with van der Waals surface area (Å²) >= 11 is 5.45. The molecule has 4 heterocycles. The normalized spacial score (nSPS) is 46.3. The van der Waals surface area contributed by atoms with Gasteiger partial charge in [-0.3, -0.25) is 14.4 Å². The molecule has 4 unspecified atom stereocenters. The van der Waals surface area contributed by atoms with Crippen LogP contribution in [0.3, 0.4) is 0 Å². The molecule has 0 spiro atoms. The van der Waals surface area contributed by atoms with Gasteiger partial charge in [0.2, 0.25) is 0 Å². The van der Waals surface area contributed by atoms with Gasteiger partial charge in [0, 0.05) is 51.4 Å². The first-order valence-corrected chi connectivity index (χ1v) is 21.4. The van der Waals surface area contributed by atoms with Gasteiger partial charge in [-0.2, -0.15) is 0 Å². The third-order valence-corrected chi connectivity index (χ3v) is 13.1. The number of cyclic esters (lactones) is 1. The van der Waals surface area contributed by atoms with Crippen LogP contribution in [0.25, 0.3) is 0 Å². The van der Waals surface area contributed by atoms with Crippen LogP contribution < -0.4 is 0 Å². The second-order valence-corrected chi connectivity index (χ2v) is 18.6. The van der Waals surface area contributed by atoms with Gasteiger partial charge in [0.15, 0.2) is 24.8 Å². The van der Waals surface area contributed by atoms with Crippen LogP contribution in [0.15, 0.2) is 0 Å². The van der Waals surface area contributed by atoms with Crippen LogP contribution >= 0.6 is 12.2 Å². The van der Waals surface area contributed by atoms with Crippen molar-refractivity contribution in [2.45, 2.75) is 199 Å². The molecule has 4 rings (SSSR count). The molecular weight excluding hydrogens is 791 g/mol. The zero-order valence-corrected chi connectivity index (χ0v) is 38.4. The summed E-state index contributed by atoms with van der Waals surface area (Å²) in [7, 11) is 5.28. The second-order valence-electron chi connectivity index (χ2n) is 18.3. The number of hydrogen-bond acceptors (Lipinski definition) is 17. The number of hydrogen-bond donors (Lipinski definition) is 2. The van der Waals surface area contributed by atoms with Crippen molar-refractivity contribution in [3.63, 3.8) is 0 Å². The van der Waals surface area contributed by atoms with Crippen LogP contribution in [0.4, 0.5) is 0 Å². The molecule has 2 N–H and O–H groups in total. The molecule has 4 fully saturated rings. The third kappa shape index (κ3) is 11.1. The minimum atomic E-state index is -1.72. The van der Waals surface area contributed by atoms with Gasteiger partial charge in [0.05, 0.1) is 42.0 Å². The Morgan fingerprint density at radius 3 is 2.05 bits per heavy atom. The van der Waals surface area contributed by atoms with Crippen molar-refractivity contribution < 1.29 is 72.0 Å². The zero-order valence-electron chi connectivity index (χ0n) is 37.6. The molecule has 4 saturated heterocycles. The molecule has 0 radical (unpaired) electrons. The van der Waals surface area contributed by atoms with Crippen LogP contribution in [0.5, 0.6) is 0 Å². The maximum absolute atomic E-state index is 14.5. The Bertz CT molecular complexity index is 1480. The lowest BCUT2D eigenvalue weighted by atomic mass is 9.73. The standard InChI is InChI=1S/C42H71NO15S/c1-16-29-42(12,48)35-22(4)31(56-39(59)58-35)20(2)18-40(10,47)34(57-38-33(52-26(8)44)28(43(13)14)17-21(3)50-38)23(5)32(24(6)37(46)54-29)55-30-19-41(11,49-15)36(25(7)51-30)53-27(9)45/h20-25,28-36,38,47-48H,16-19H2,1-15H3/t20-,21-,22+,23+,24-,25+,28+,29-,30?,31?,32+,33-,34-,35?,36+,38?,40+,41-,42-/m1/s1. The van der Waals surface area contributed by atoms with E-state index in [1.807, 2.05) is 39.8 Å². The molecule has 0 aromatic heterocycles. The average molecular weight is 862 g/mol. The smallest absolute Gasteiger partial charge is 0.352 e. The predicted molar refractivity (Wildman–Crippen MR) is 217 cm³/mol. The minimum Gasteiger partial charge on any atom is -0.459 e. The number of aliphatic hydroxyl groups is 2. The van der Waals surface area contributed by atoms with Crippen molar-refractivity contribution in [1.82, 2.24) is 4.90 Å². The van der Waals surface area contributed by atoms with Crippen molar-refractivity contribution >= 4 is 35.4 Å². The fraction of sp³-hybridized carbons (Fsp3) is 0.905. The van der Waals surface area contributed by atoms with Crippen LogP contribution in [-0.2, 0) is 61.8 Å². The number of thiocarbonyl (C=S) groups is 1. The molecule has 59 heavy (non-hydrogen) atoms. The Morgan fingerprint density at radius 2 is 1.49 bits per heavy atom. The fourth-order valence-corrected chi connectivity index (χ4v) is 10.2. The highest BCUT2D eigenvalue weighted by molar-refractivity contribution is 7.79. The maximum Gasteiger partial charge on any atom is 0.352 e. The van der Waals surface area contributed by atoms with Gasteiger partial charge in [-0.25, -0.2) is 0 Å². The SMILES string of the molecule is CC[C@H]1OC(=O)[C@H](C)[C@@H](OC2C[C@@](C)(OC)[C@@H](OC(C)=O)[C@H](C)O2)[C@H](C)[C@@H](OC2O[C@H](C)C[C@H](N(C)C)[C@H]2OC(C)=O)[C@@](C)(O)C[C@@H](C)C2OC(=S)OC([C@H]2C)[C@]1(C)O. The lowest BCUT2D eigenvalue weighted by Gasteiger charge is -2.51. The molecule has 17 heteroatoms. The van der Waals surface area contributed by atoms with Crippen molar-refractivity contribution in [2.75, 3.05) is 21.2 Å². The van der Waals surface area contributed by atoms with Crippen LogP contribution in [0, 0.1) is 23.7 Å². The lowest BCUT2D eigenvalue weighted by Crippen LogP contribution is -2.63. The highest BCUT2D eigenvalue weighted by Crippen LogP contribution is 2.44. The van der Waals surface area contributed by atoms with E-state index in [9.17, 15) is 24.6 Å². The van der Waals surface area contributed by atoms with Gasteiger partial charge in [0.25, 0.3) is 0 Å². The summed E-state index contributed by atoms with van der Waals surface area (Å²) in [5.41, 5.74) is -4.47. The Labute approximate surface area is 355 Å². The summed E-state index contributed by atoms with van der Waals surface area (Å²) in [6.45, 7) is 20.3. The molecule has 340 valence electrons. The topological polar surface area (TPSA) is 187 Å². The largest absolute Gasteiger partial charge is 0.459 e. The highest BCUT2D eigenvalue weighted by Gasteiger charge is 2.56. The molecule has 4 aliphatic rings. The molecule has 16 nitrogen and oxygen atoms in total. The molecular formula is C42H71NO15S. The van der Waals surface area contributed by atoms with E-state index in [2.05, 4.69) is 0 Å². The summed E-state index contributed by atoms with van der Waals surface area (Å²) in [5.74, 6) is -4.49. The van der Waals surface area contributed by atoms with Crippen LogP contribution in [0.2, 0.25) is 0 Å². The van der Waals surface area contributed by atoms with Crippen molar-refractivity contribution in [3.05, 3.63) is 0 Å². The van der Waals surface area contributed by atoms with E-state index in [1.54, 1.807) is 48.5 Å². The molecule has 0 saturated carbocycles. The molecule has 2 bridgehead atoms. The first-order valence-electron chi connectivity index (χ1n) is 21.0. The summed E-state index contributed by atoms with van der Waals surface area (Å²) in [5, 5.41) is 24.9. The monoisotopic (exact) mass is 861 g/mol. The number of ether oxygens (including phenoxy) is 10.